The van der Waals surface area contributed by atoms with Crippen LogP contribution in [0.5, 0.6) is 46.0 Å². The molecule has 0 fully saturated rings. The first-order valence-electron chi connectivity index (χ1n) is 32.5. The van der Waals surface area contributed by atoms with E-state index in [0.717, 1.165) is 65.2 Å². The average molecular weight is 1360 g/mol. The number of hydrogen-bond donors (Lipinski definition) is 0. The maximum Gasteiger partial charge on any atom is 0.187 e. The lowest BCUT2D eigenvalue weighted by Crippen LogP contribution is -2.09. The van der Waals surface area contributed by atoms with Gasteiger partial charge in [0.25, 0.3) is 0 Å². The zero-order valence-corrected chi connectivity index (χ0v) is 57.4. The molecule has 0 amide bonds. The van der Waals surface area contributed by atoms with E-state index in [1.54, 1.807) is 105 Å². The lowest BCUT2D eigenvalue weighted by atomic mass is 10.1. The van der Waals surface area contributed by atoms with E-state index in [4.69, 9.17) is 24.2 Å². The fourth-order valence-corrected chi connectivity index (χ4v) is 9.73. The third kappa shape index (κ3) is 23.1. The SMILES string of the molecule is CCc1cccc(CC(=O)c2cc(Oc3cccnc3)cc(C)n2)n1.CCc1cccc(CC(=O)c2cc(Oc3cncc(F)c3)cc(C)n2)n1.CCc1cccc(CC(=O)c2cc(Oc3cncnc3)cc(C)n2)n1.Cc1ccc(CC(=O)c2cc(Oc3cncc(C#N)c3)cc(C)n2)nc1. The first kappa shape index (κ1) is 73.3. The molecular formula is C79H71FN14O8. The van der Waals surface area contributed by atoms with Crippen LogP contribution in [0.1, 0.15) is 136 Å². The summed E-state index contributed by atoms with van der Waals surface area (Å²) in [6.07, 6.45) is 18.3. The second kappa shape index (κ2) is 36.6. The first-order valence-corrected chi connectivity index (χ1v) is 32.5. The summed E-state index contributed by atoms with van der Waals surface area (Å²) >= 11 is 0. The molecule has 0 unspecified atom stereocenters. The predicted molar refractivity (Wildman–Crippen MR) is 378 cm³/mol. The summed E-state index contributed by atoms with van der Waals surface area (Å²) in [5.41, 5.74) is 11.3. The maximum absolute atomic E-state index is 13.2. The maximum atomic E-state index is 13.2. The number of halogens is 1. The second-order valence-corrected chi connectivity index (χ2v) is 23.0. The van der Waals surface area contributed by atoms with Gasteiger partial charge in [0.15, 0.2) is 28.9 Å². The molecule has 12 heterocycles. The average Bonchev–Trinajstić information content (AvgIpc) is 0.856. The van der Waals surface area contributed by atoms with Crippen molar-refractivity contribution < 1.29 is 42.5 Å². The van der Waals surface area contributed by atoms with E-state index in [2.05, 4.69) is 64.8 Å². The Morgan fingerprint density at radius 2 is 0.745 bits per heavy atom. The van der Waals surface area contributed by atoms with Gasteiger partial charge in [0.1, 0.15) is 81.2 Å². The minimum absolute atomic E-state index is 0.0829. The monoisotopic (exact) mass is 1360 g/mol. The number of nitrogens with zero attached hydrogens (tertiary/aromatic N) is 14. The Kier molecular flexibility index (Phi) is 26.3. The van der Waals surface area contributed by atoms with Crippen LogP contribution < -0.4 is 18.9 Å². The highest BCUT2D eigenvalue weighted by Crippen LogP contribution is 2.28. The van der Waals surface area contributed by atoms with Gasteiger partial charge in [-0.25, -0.2) is 34.3 Å². The molecule has 12 aromatic heterocycles. The van der Waals surface area contributed by atoms with E-state index in [0.29, 0.717) is 91.4 Å². The van der Waals surface area contributed by atoms with Gasteiger partial charge in [-0.3, -0.25) is 54.1 Å². The Morgan fingerprint density at radius 1 is 0.363 bits per heavy atom. The standard InChI is InChI=1S/C20H18FN3O2.C20H16N4O2.C20H19N3O2.C19H18N4O2/c1-3-15-5-4-6-16(24-15)9-20(25)19-10-17(7-13(2)23-19)26-18-8-14(21)11-22-12-18;1-13-3-4-16(23-10-13)7-20(25)19-8-17(5-14(2)24-19)26-18-6-15(9-21)11-22-12-18;1-3-15-6-4-7-16(23-15)11-20(24)19-12-18(10-14(2)22-19)25-17-8-5-9-21-13-17;1-3-14-5-4-6-15(23-14)8-19(24)18-9-16(7-13(2)22-18)25-17-10-20-12-21-11-17/h4-8,10-12H,3,9H2,1-2H3;3-6,8,10-12H,7H2,1-2H3;4-10,12-13H,3,11H2,1-2H3;4-7,9-12H,3,8H2,1-2H3. The van der Waals surface area contributed by atoms with Crippen molar-refractivity contribution in [3.05, 3.63) is 304 Å². The smallest absolute Gasteiger partial charge is 0.187 e. The van der Waals surface area contributed by atoms with Crippen molar-refractivity contribution in [2.24, 2.45) is 0 Å². The molecule has 0 aliphatic carbocycles. The fourth-order valence-electron chi connectivity index (χ4n) is 9.73. The lowest BCUT2D eigenvalue weighted by molar-refractivity contribution is 0.0978. The quantitative estimate of drug-likeness (QED) is 0.0537. The molecule has 0 saturated heterocycles. The molecule has 12 aromatic rings. The van der Waals surface area contributed by atoms with E-state index in [-0.39, 0.29) is 60.3 Å². The molecule has 23 heteroatoms. The molecule has 0 N–H and O–H groups in total. The van der Waals surface area contributed by atoms with Crippen LogP contribution in [0.3, 0.4) is 0 Å². The van der Waals surface area contributed by atoms with Crippen LogP contribution >= 0.6 is 0 Å². The molecule has 102 heavy (non-hydrogen) atoms. The van der Waals surface area contributed by atoms with Crippen LogP contribution in [-0.4, -0.2) is 87.9 Å². The third-order valence-corrected chi connectivity index (χ3v) is 14.5. The summed E-state index contributed by atoms with van der Waals surface area (Å²) < 4.78 is 36.1. The van der Waals surface area contributed by atoms with Gasteiger partial charge in [0.05, 0.1) is 68.4 Å². The molecule has 0 aliphatic rings. The number of Topliss-reactive ketones (excluding diaryl/α,β-unsaturated/α-hetero) is 4. The molecule has 0 bridgehead atoms. The Balaban J connectivity index is 0.000000158. The van der Waals surface area contributed by atoms with Crippen LogP contribution in [0.15, 0.2) is 202 Å². The zero-order chi connectivity index (χ0) is 72.3. The van der Waals surface area contributed by atoms with Gasteiger partial charge >= 0.3 is 0 Å². The number of carbonyl (C=O) groups is 4. The van der Waals surface area contributed by atoms with Crippen molar-refractivity contribution in [3.8, 4) is 52.1 Å². The number of ketones is 4. The van der Waals surface area contributed by atoms with E-state index in [9.17, 15) is 23.6 Å². The molecule has 0 saturated carbocycles. The molecular weight excluding hydrogens is 1290 g/mol. The normalized spacial score (nSPS) is 10.4. The van der Waals surface area contributed by atoms with Crippen molar-refractivity contribution in [1.82, 2.24) is 64.8 Å². The van der Waals surface area contributed by atoms with Gasteiger partial charge in [-0.05, 0) is 114 Å². The highest BCUT2D eigenvalue weighted by atomic mass is 19.1. The molecule has 512 valence electrons. The number of rotatable bonds is 23. The van der Waals surface area contributed by atoms with Gasteiger partial charge < -0.3 is 18.9 Å². The van der Waals surface area contributed by atoms with Gasteiger partial charge in [-0.1, -0.05) is 45.0 Å². The topological polar surface area (TPSA) is 297 Å². The summed E-state index contributed by atoms with van der Waals surface area (Å²) in [4.78, 5) is 105. The molecule has 22 nitrogen and oxygen atoms in total. The predicted octanol–water partition coefficient (Wildman–Crippen LogP) is 15.0. The van der Waals surface area contributed by atoms with E-state index >= 15 is 0 Å². The van der Waals surface area contributed by atoms with Crippen molar-refractivity contribution in [2.75, 3.05) is 0 Å². The van der Waals surface area contributed by atoms with Gasteiger partial charge in [-0.2, -0.15) is 5.26 Å². The van der Waals surface area contributed by atoms with Gasteiger partial charge in [0.2, 0.25) is 0 Å². The number of pyridine rings is 11. The van der Waals surface area contributed by atoms with Crippen molar-refractivity contribution >= 4 is 23.1 Å². The molecule has 0 spiro atoms. The minimum Gasteiger partial charge on any atom is -0.456 e. The first-order chi connectivity index (χ1) is 49.3. The Bertz CT molecular complexity index is 4780. The third-order valence-electron chi connectivity index (χ3n) is 14.5. The number of aryl methyl sites for hydroxylation is 8. The molecule has 0 aliphatic heterocycles. The number of ether oxygens (including phenoxy) is 4. The Morgan fingerprint density at radius 3 is 1.14 bits per heavy atom. The van der Waals surface area contributed by atoms with Crippen molar-refractivity contribution in [3.63, 3.8) is 0 Å². The van der Waals surface area contributed by atoms with Crippen LogP contribution in [0, 0.1) is 51.8 Å². The van der Waals surface area contributed by atoms with Crippen LogP contribution in [-0.2, 0) is 44.9 Å². The van der Waals surface area contributed by atoms with E-state index in [1.807, 2.05) is 120 Å². The summed E-state index contributed by atoms with van der Waals surface area (Å²) in [7, 11) is 0. The zero-order valence-electron chi connectivity index (χ0n) is 57.4. The van der Waals surface area contributed by atoms with Crippen LogP contribution in [0.4, 0.5) is 4.39 Å². The largest absolute Gasteiger partial charge is 0.456 e. The molecule has 12 rings (SSSR count). The molecule has 0 atom stereocenters. The lowest BCUT2D eigenvalue weighted by Gasteiger charge is -2.08. The highest BCUT2D eigenvalue weighted by Gasteiger charge is 2.18. The minimum atomic E-state index is -0.494. The van der Waals surface area contributed by atoms with Gasteiger partial charge in [0, 0.05) is 142 Å². The number of nitriles is 1. The summed E-state index contributed by atoms with van der Waals surface area (Å²) in [5, 5.41) is 8.94. The number of carbonyl (C=O) groups excluding carboxylic acids is 4. The number of aromatic nitrogens is 13. The van der Waals surface area contributed by atoms with Crippen LogP contribution in [0.25, 0.3) is 0 Å². The number of hydrogen-bond acceptors (Lipinski definition) is 22. The van der Waals surface area contributed by atoms with Crippen LogP contribution in [0.2, 0.25) is 0 Å². The Hall–Kier alpha value is -13.0. The highest BCUT2D eigenvalue weighted by molar-refractivity contribution is 5.97. The van der Waals surface area contributed by atoms with E-state index in [1.165, 1.54) is 31.0 Å². The fraction of sp³-hybridized carbons (Fsp3) is 0.190. The van der Waals surface area contributed by atoms with Crippen molar-refractivity contribution in [1.29, 1.82) is 5.26 Å². The van der Waals surface area contributed by atoms with Gasteiger partial charge in [-0.15, -0.1) is 0 Å². The molecule has 0 radical (unpaired) electrons. The van der Waals surface area contributed by atoms with Crippen molar-refractivity contribution in [2.45, 2.75) is 100 Å². The summed E-state index contributed by atoms with van der Waals surface area (Å²) in [5.74, 6) is 2.80. The second-order valence-electron chi connectivity index (χ2n) is 23.0. The summed E-state index contributed by atoms with van der Waals surface area (Å²) in [6, 6.07) is 42.7. The summed E-state index contributed by atoms with van der Waals surface area (Å²) in [6.45, 7) is 15.2. The van der Waals surface area contributed by atoms with E-state index < -0.39 is 5.82 Å². The Labute approximate surface area is 589 Å². The molecule has 0 aromatic carbocycles.